The number of fused-ring (bicyclic) bond motifs is 1. The van der Waals surface area contributed by atoms with Gasteiger partial charge >= 0.3 is 0 Å². The van der Waals surface area contributed by atoms with Gasteiger partial charge in [0.15, 0.2) is 0 Å². The third kappa shape index (κ3) is 3.55. The highest BCUT2D eigenvalue weighted by molar-refractivity contribution is 5.31. The van der Waals surface area contributed by atoms with E-state index in [-0.39, 0.29) is 0 Å². The summed E-state index contributed by atoms with van der Waals surface area (Å²) in [7, 11) is 0. The van der Waals surface area contributed by atoms with Crippen LogP contribution in [0.25, 0.3) is 0 Å². The molecule has 2 rings (SSSR count). The first-order chi connectivity index (χ1) is 8.27. The molecule has 0 bridgehead atoms. The van der Waals surface area contributed by atoms with Crippen LogP contribution in [-0.4, -0.2) is 19.2 Å². The summed E-state index contributed by atoms with van der Waals surface area (Å²) < 4.78 is 6.00. The molecule has 1 aliphatic rings. The quantitative estimate of drug-likeness (QED) is 0.789. The zero-order valence-electron chi connectivity index (χ0n) is 10.9. The van der Waals surface area contributed by atoms with Gasteiger partial charge in [-0.2, -0.15) is 0 Å². The van der Waals surface area contributed by atoms with Gasteiger partial charge in [0.05, 0.1) is 12.7 Å². The molecule has 94 valence electrons. The van der Waals surface area contributed by atoms with Crippen molar-refractivity contribution < 1.29 is 4.74 Å². The third-order valence-corrected chi connectivity index (χ3v) is 3.29. The lowest BCUT2D eigenvalue weighted by Gasteiger charge is -2.25. The zero-order chi connectivity index (χ0) is 12.1. The summed E-state index contributed by atoms with van der Waals surface area (Å²) in [4.78, 5) is 0. The van der Waals surface area contributed by atoms with Crippen LogP contribution >= 0.6 is 0 Å². The molecule has 0 aliphatic heterocycles. The van der Waals surface area contributed by atoms with Crippen LogP contribution in [0, 0.1) is 0 Å². The lowest BCUT2D eigenvalue weighted by molar-refractivity contribution is 0.0420. The molecule has 0 amide bonds. The normalized spacial score (nSPS) is 19.4. The predicted octanol–water partition coefficient (Wildman–Crippen LogP) is 3.08. The molecule has 0 saturated heterocycles. The number of benzene rings is 1. The second-order valence-corrected chi connectivity index (χ2v) is 5.06. The average Bonchev–Trinajstić information content (AvgIpc) is 2.34. The minimum atomic E-state index is 0.314. The first-order valence-corrected chi connectivity index (χ1v) is 6.70. The van der Waals surface area contributed by atoms with E-state index in [4.69, 9.17) is 4.74 Å². The van der Waals surface area contributed by atoms with E-state index >= 15 is 0 Å². The number of hydrogen-bond donors (Lipinski definition) is 1. The van der Waals surface area contributed by atoms with Crippen LogP contribution in [0.3, 0.4) is 0 Å². The van der Waals surface area contributed by atoms with Gasteiger partial charge in [0.1, 0.15) is 0 Å². The molecule has 0 fully saturated rings. The summed E-state index contributed by atoms with van der Waals surface area (Å²) >= 11 is 0. The standard InChI is InChI=1S/C15H23NO/c1-12(2)16-10-11-17-15-9-5-7-13-6-3-4-8-14(13)15/h3-4,6,8,12,15-16H,5,7,9-11H2,1-2H3. The molecular formula is C15H23NO. The first kappa shape index (κ1) is 12.6. The number of ether oxygens (including phenoxy) is 1. The molecule has 1 atom stereocenters. The molecule has 2 heteroatoms. The van der Waals surface area contributed by atoms with Crippen molar-refractivity contribution in [3.63, 3.8) is 0 Å². The Labute approximate surface area is 104 Å². The van der Waals surface area contributed by atoms with Gasteiger partial charge in [-0.05, 0) is 30.4 Å². The Bertz CT molecular complexity index is 349. The summed E-state index contributed by atoms with van der Waals surface area (Å²) in [5.74, 6) is 0. The Kier molecular flexibility index (Phi) is 4.57. The highest BCUT2D eigenvalue weighted by Crippen LogP contribution is 2.31. The summed E-state index contributed by atoms with van der Waals surface area (Å²) in [6, 6.07) is 9.23. The molecule has 0 saturated carbocycles. The van der Waals surface area contributed by atoms with Crippen molar-refractivity contribution in [2.75, 3.05) is 13.2 Å². The van der Waals surface area contributed by atoms with E-state index in [0.717, 1.165) is 13.2 Å². The van der Waals surface area contributed by atoms with E-state index in [1.54, 1.807) is 0 Å². The van der Waals surface area contributed by atoms with Gasteiger partial charge in [0.25, 0.3) is 0 Å². The van der Waals surface area contributed by atoms with Crippen LogP contribution in [0.15, 0.2) is 24.3 Å². The lowest BCUT2D eigenvalue weighted by atomic mass is 9.89. The minimum Gasteiger partial charge on any atom is -0.372 e. The number of hydrogen-bond acceptors (Lipinski definition) is 2. The lowest BCUT2D eigenvalue weighted by Crippen LogP contribution is -2.27. The molecule has 1 aromatic rings. The fraction of sp³-hybridized carbons (Fsp3) is 0.600. The highest BCUT2D eigenvalue weighted by Gasteiger charge is 2.19. The Morgan fingerprint density at radius 3 is 3.00 bits per heavy atom. The largest absolute Gasteiger partial charge is 0.372 e. The molecule has 1 aromatic carbocycles. The Morgan fingerprint density at radius 2 is 2.18 bits per heavy atom. The average molecular weight is 233 g/mol. The van der Waals surface area contributed by atoms with Crippen molar-refractivity contribution in [3.05, 3.63) is 35.4 Å². The molecule has 1 unspecified atom stereocenters. The summed E-state index contributed by atoms with van der Waals surface area (Å²) in [6.45, 7) is 6.07. The van der Waals surface area contributed by atoms with Gasteiger partial charge in [0.2, 0.25) is 0 Å². The fourth-order valence-electron chi connectivity index (χ4n) is 2.43. The van der Waals surface area contributed by atoms with Crippen LogP contribution in [0.2, 0.25) is 0 Å². The van der Waals surface area contributed by atoms with Crippen molar-refractivity contribution in [2.45, 2.75) is 45.3 Å². The van der Waals surface area contributed by atoms with E-state index in [1.807, 2.05) is 0 Å². The van der Waals surface area contributed by atoms with Gasteiger partial charge < -0.3 is 10.1 Å². The molecule has 2 nitrogen and oxygen atoms in total. The maximum absolute atomic E-state index is 6.00. The Hall–Kier alpha value is -0.860. The summed E-state index contributed by atoms with van der Waals surface area (Å²) in [6.07, 6.45) is 3.94. The van der Waals surface area contributed by atoms with Crippen LogP contribution in [-0.2, 0) is 11.2 Å². The number of rotatable bonds is 5. The maximum Gasteiger partial charge on any atom is 0.0828 e. The monoisotopic (exact) mass is 233 g/mol. The maximum atomic E-state index is 6.00. The van der Waals surface area contributed by atoms with Crippen molar-refractivity contribution in [2.24, 2.45) is 0 Å². The molecule has 0 heterocycles. The van der Waals surface area contributed by atoms with Crippen LogP contribution in [0.1, 0.15) is 43.9 Å². The molecule has 0 spiro atoms. The van der Waals surface area contributed by atoms with Crippen molar-refractivity contribution in [1.29, 1.82) is 0 Å². The molecule has 17 heavy (non-hydrogen) atoms. The van der Waals surface area contributed by atoms with Crippen molar-refractivity contribution in [1.82, 2.24) is 5.32 Å². The molecule has 0 aromatic heterocycles. The second-order valence-electron chi connectivity index (χ2n) is 5.06. The van der Waals surface area contributed by atoms with E-state index < -0.39 is 0 Å². The van der Waals surface area contributed by atoms with E-state index in [1.165, 1.54) is 30.4 Å². The SMILES string of the molecule is CC(C)NCCOC1CCCc2ccccc21. The Balaban J connectivity index is 1.86. The fourth-order valence-corrected chi connectivity index (χ4v) is 2.43. The van der Waals surface area contributed by atoms with Gasteiger partial charge in [-0.1, -0.05) is 38.1 Å². The molecular weight excluding hydrogens is 210 g/mol. The third-order valence-electron chi connectivity index (χ3n) is 3.29. The highest BCUT2D eigenvalue weighted by atomic mass is 16.5. The second kappa shape index (κ2) is 6.18. The Morgan fingerprint density at radius 1 is 1.35 bits per heavy atom. The first-order valence-electron chi connectivity index (χ1n) is 6.70. The molecule has 1 N–H and O–H groups in total. The minimum absolute atomic E-state index is 0.314. The topological polar surface area (TPSA) is 21.3 Å². The molecule has 0 radical (unpaired) electrons. The predicted molar refractivity (Wildman–Crippen MR) is 71.2 cm³/mol. The van der Waals surface area contributed by atoms with E-state index in [0.29, 0.717) is 12.1 Å². The van der Waals surface area contributed by atoms with Gasteiger partial charge in [-0.25, -0.2) is 0 Å². The number of aryl methyl sites for hydroxylation is 1. The smallest absolute Gasteiger partial charge is 0.0828 e. The van der Waals surface area contributed by atoms with Crippen molar-refractivity contribution >= 4 is 0 Å². The van der Waals surface area contributed by atoms with Gasteiger partial charge in [-0.15, -0.1) is 0 Å². The van der Waals surface area contributed by atoms with Crippen LogP contribution in [0.5, 0.6) is 0 Å². The van der Waals surface area contributed by atoms with Crippen LogP contribution in [0.4, 0.5) is 0 Å². The van der Waals surface area contributed by atoms with Gasteiger partial charge in [-0.3, -0.25) is 0 Å². The summed E-state index contributed by atoms with van der Waals surface area (Å²) in [5.41, 5.74) is 2.88. The zero-order valence-corrected chi connectivity index (χ0v) is 10.9. The van der Waals surface area contributed by atoms with E-state index in [2.05, 4.69) is 43.4 Å². The van der Waals surface area contributed by atoms with Gasteiger partial charge in [0, 0.05) is 12.6 Å². The molecule has 1 aliphatic carbocycles. The van der Waals surface area contributed by atoms with Crippen LogP contribution < -0.4 is 5.32 Å². The van der Waals surface area contributed by atoms with E-state index in [9.17, 15) is 0 Å². The number of nitrogens with one attached hydrogen (secondary N) is 1. The van der Waals surface area contributed by atoms with Crippen molar-refractivity contribution in [3.8, 4) is 0 Å². The summed E-state index contributed by atoms with van der Waals surface area (Å²) in [5, 5.41) is 3.38.